The average Bonchev–Trinajstić information content (AvgIpc) is 3.14. The van der Waals surface area contributed by atoms with Gasteiger partial charge in [0.15, 0.2) is 0 Å². The minimum atomic E-state index is -4.78. The van der Waals surface area contributed by atoms with Crippen LogP contribution in [0.2, 0.25) is 0 Å². The maximum atomic E-state index is 13.1. The Bertz CT molecular complexity index is 503. The number of hydrogen-bond acceptors (Lipinski definition) is 2. The Balaban J connectivity index is 0.00000220. The highest BCUT2D eigenvalue weighted by atomic mass is 35.5. The van der Waals surface area contributed by atoms with Gasteiger partial charge in [0.25, 0.3) is 0 Å². The van der Waals surface area contributed by atoms with Crippen molar-refractivity contribution in [3.8, 4) is 0 Å². The lowest BCUT2D eigenvalue weighted by atomic mass is 10.2. The summed E-state index contributed by atoms with van der Waals surface area (Å²) in [5, 5.41) is 5.22. The lowest BCUT2D eigenvalue weighted by Gasteiger charge is -2.11. The second kappa shape index (κ2) is 7.09. The first-order chi connectivity index (χ1) is 9.36. The minimum Gasteiger partial charge on any atom is -0.325 e. The predicted molar refractivity (Wildman–Crippen MR) is 72.9 cm³/mol. The number of carbonyl (C=O) groups is 1. The zero-order valence-corrected chi connectivity index (χ0v) is 11.8. The quantitative estimate of drug-likeness (QED) is 0.816. The molecule has 1 fully saturated rings. The Kier molecular flexibility index (Phi) is 5.98. The molecular formula is C13H15ClF4N2O. The summed E-state index contributed by atoms with van der Waals surface area (Å²) >= 11 is 0. The van der Waals surface area contributed by atoms with Crippen molar-refractivity contribution in [3.63, 3.8) is 0 Å². The molecule has 21 heavy (non-hydrogen) atoms. The summed E-state index contributed by atoms with van der Waals surface area (Å²) in [5.41, 5.74) is -1.46. The Morgan fingerprint density at radius 1 is 1.29 bits per heavy atom. The van der Waals surface area contributed by atoms with E-state index in [1.165, 1.54) is 0 Å². The maximum Gasteiger partial charge on any atom is 0.419 e. The van der Waals surface area contributed by atoms with Gasteiger partial charge in [0.2, 0.25) is 5.91 Å². The van der Waals surface area contributed by atoms with Gasteiger partial charge in [0, 0.05) is 5.69 Å². The molecule has 1 aromatic rings. The van der Waals surface area contributed by atoms with E-state index in [-0.39, 0.29) is 24.6 Å². The Labute approximate surface area is 125 Å². The van der Waals surface area contributed by atoms with Crippen molar-refractivity contribution in [2.75, 3.05) is 18.4 Å². The molecule has 8 heteroatoms. The molecule has 3 nitrogen and oxygen atoms in total. The van der Waals surface area contributed by atoms with Crippen molar-refractivity contribution in [1.29, 1.82) is 0 Å². The third kappa shape index (κ3) is 5.51. The van der Waals surface area contributed by atoms with Crippen molar-refractivity contribution in [2.45, 2.75) is 19.0 Å². The molecule has 0 bridgehead atoms. The third-order valence-electron chi connectivity index (χ3n) is 2.97. The molecule has 1 saturated carbocycles. The van der Waals surface area contributed by atoms with Gasteiger partial charge in [-0.1, -0.05) is 0 Å². The summed E-state index contributed by atoms with van der Waals surface area (Å²) in [4.78, 5) is 11.5. The first kappa shape index (κ1) is 17.7. The molecule has 0 aliphatic heterocycles. The predicted octanol–water partition coefficient (Wildman–Crippen LogP) is 3.20. The molecule has 0 spiro atoms. The van der Waals surface area contributed by atoms with E-state index in [2.05, 4.69) is 10.6 Å². The van der Waals surface area contributed by atoms with E-state index in [1.54, 1.807) is 0 Å². The van der Waals surface area contributed by atoms with Crippen molar-refractivity contribution in [1.82, 2.24) is 5.32 Å². The number of benzene rings is 1. The third-order valence-corrected chi connectivity index (χ3v) is 2.97. The Hall–Kier alpha value is -1.34. The largest absolute Gasteiger partial charge is 0.419 e. The van der Waals surface area contributed by atoms with Gasteiger partial charge in [-0.2, -0.15) is 13.2 Å². The van der Waals surface area contributed by atoms with Crippen LogP contribution in [0, 0.1) is 11.7 Å². The molecule has 0 unspecified atom stereocenters. The molecule has 0 aromatic heterocycles. The van der Waals surface area contributed by atoms with Crippen LogP contribution >= 0.6 is 12.4 Å². The topological polar surface area (TPSA) is 41.1 Å². The van der Waals surface area contributed by atoms with Gasteiger partial charge < -0.3 is 10.6 Å². The zero-order chi connectivity index (χ0) is 14.8. The fourth-order valence-corrected chi connectivity index (χ4v) is 1.74. The molecule has 1 aliphatic carbocycles. The van der Waals surface area contributed by atoms with Crippen LogP contribution < -0.4 is 10.6 Å². The standard InChI is InChI=1S/C13H14F4N2O.ClH/c14-11-4-3-9(5-10(11)13(15,16)17)19-12(20)7-18-6-8-1-2-8;/h3-5,8,18H,1-2,6-7H2,(H,19,20);1H. The molecule has 2 N–H and O–H groups in total. The second-order valence-electron chi connectivity index (χ2n) is 4.81. The van der Waals surface area contributed by atoms with Crippen LogP contribution in [0.1, 0.15) is 18.4 Å². The van der Waals surface area contributed by atoms with Crippen LogP contribution in [0.3, 0.4) is 0 Å². The maximum absolute atomic E-state index is 13.1. The smallest absolute Gasteiger partial charge is 0.325 e. The molecule has 1 aliphatic rings. The normalized spacial score (nSPS) is 14.5. The Morgan fingerprint density at radius 2 is 1.95 bits per heavy atom. The molecule has 1 amide bonds. The van der Waals surface area contributed by atoms with Gasteiger partial charge in [-0.05, 0) is 43.5 Å². The molecule has 1 aromatic carbocycles. The lowest BCUT2D eigenvalue weighted by Crippen LogP contribution is -2.29. The number of rotatable bonds is 5. The van der Waals surface area contributed by atoms with Gasteiger partial charge in [-0.25, -0.2) is 4.39 Å². The highest BCUT2D eigenvalue weighted by Crippen LogP contribution is 2.33. The number of alkyl halides is 3. The van der Waals surface area contributed by atoms with Crippen molar-refractivity contribution in [2.24, 2.45) is 5.92 Å². The number of amides is 1. The number of anilines is 1. The fourth-order valence-electron chi connectivity index (χ4n) is 1.74. The molecule has 0 heterocycles. The van der Waals surface area contributed by atoms with Gasteiger partial charge in [0.05, 0.1) is 12.1 Å². The SMILES string of the molecule is Cl.O=C(CNCC1CC1)Nc1ccc(F)c(C(F)(F)F)c1. The molecule has 2 rings (SSSR count). The first-order valence-corrected chi connectivity index (χ1v) is 6.23. The number of carbonyl (C=O) groups excluding carboxylic acids is 1. The number of halogens is 5. The van der Waals surface area contributed by atoms with Gasteiger partial charge in [-0.3, -0.25) is 4.79 Å². The zero-order valence-electron chi connectivity index (χ0n) is 11.0. The summed E-state index contributed by atoms with van der Waals surface area (Å²) in [5.74, 6) is -1.21. The molecule has 118 valence electrons. The number of nitrogens with one attached hydrogen (secondary N) is 2. The van der Waals surface area contributed by atoms with Crippen molar-refractivity contribution in [3.05, 3.63) is 29.6 Å². The van der Waals surface area contributed by atoms with Crippen molar-refractivity contribution >= 4 is 24.0 Å². The van der Waals surface area contributed by atoms with E-state index < -0.39 is 23.5 Å². The number of hydrogen-bond donors (Lipinski definition) is 2. The van der Waals surface area contributed by atoms with Crippen LogP contribution in [0.25, 0.3) is 0 Å². The van der Waals surface area contributed by atoms with Gasteiger partial charge >= 0.3 is 6.18 Å². The lowest BCUT2D eigenvalue weighted by molar-refractivity contribution is -0.140. The summed E-state index contributed by atoms with van der Waals surface area (Å²) in [7, 11) is 0. The Morgan fingerprint density at radius 3 is 2.52 bits per heavy atom. The summed E-state index contributed by atoms with van der Waals surface area (Å²) < 4.78 is 50.6. The van der Waals surface area contributed by atoms with Crippen LogP contribution in [0.5, 0.6) is 0 Å². The van der Waals surface area contributed by atoms with E-state index in [1.807, 2.05) is 0 Å². The van der Waals surface area contributed by atoms with Gasteiger partial charge in [0.1, 0.15) is 5.82 Å². The van der Waals surface area contributed by atoms with E-state index in [4.69, 9.17) is 0 Å². The molecular weight excluding hydrogens is 312 g/mol. The van der Waals surface area contributed by atoms with Gasteiger partial charge in [-0.15, -0.1) is 12.4 Å². The first-order valence-electron chi connectivity index (χ1n) is 6.23. The van der Waals surface area contributed by atoms with Crippen molar-refractivity contribution < 1.29 is 22.4 Å². The van der Waals surface area contributed by atoms with E-state index >= 15 is 0 Å². The highest BCUT2D eigenvalue weighted by molar-refractivity contribution is 5.92. The van der Waals surface area contributed by atoms with Crippen LogP contribution in [-0.2, 0) is 11.0 Å². The second-order valence-corrected chi connectivity index (χ2v) is 4.81. The summed E-state index contributed by atoms with van der Waals surface area (Å²) in [6, 6.07) is 2.38. The van der Waals surface area contributed by atoms with E-state index in [9.17, 15) is 22.4 Å². The average molecular weight is 327 g/mol. The van der Waals surface area contributed by atoms with Crippen LogP contribution in [0.4, 0.5) is 23.2 Å². The fraction of sp³-hybridized carbons (Fsp3) is 0.462. The summed E-state index contributed by atoms with van der Waals surface area (Å²) in [6.07, 6.45) is -2.50. The molecule has 0 radical (unpaired) electrons. The van der Waals surface area contributed by atoms with E-state index in [0.29, 0.717) is 18.1 Å². The van der Waals surface area contributed by atoms with Crippen LogP contribution in [-0.4, -0.2) is 19.0 Å². The highest BCUT2D eigenvalue weighted by Gasteiger charge is 2.34. The minimum absolute atomic E-state index is 0. The van der Waals surface area contributed by atoms with Crippen LogP contribution in [0.15, 0.2) is 18.2 Å². The van der Waals surface area contributed by atoms with E-state index in [0.717, 1.165) is 25.5 Å². The summed E-state index contributed by atoms with van der Waals surface area (Å²) in [6.45, 7) is 0.750. The molecule has 0 saturated heterocycles. The molecule has 0 atom stereocenters. The monoisotopic (exact) mass is 326 g/mol.